The number of carbonyl (C=O) groups excluding carboxylic acids is 1. The van der Waals surface area contributed by atoms with Crippen molar-refractivity contribution in [2.24, 2.45) is 0 Å². The summed E-state index contributed by atoms with van der Waals surface area (Å²) < 4.78 is 33.6. The lowest BCUT2D eigenvalue weighted by molar-refractivity contribution is 0.0958. The monoisotopic (exact) mass is 479 g/mol. The lowest BCUT2D eigenvalue weighted by Crippen LogP contribution is -2.33. The minimum atomic E-state index is -0.746. The van der Waals surface area contributed by atoms with Gasteiger partial charge in [-0.2, -0.15) is 0 Å². The van der Waals surface area contributed by atoms with Crippen molar-refractivity contribution in [3.8, 4) is 0 Å². The van der Waals surface area contributed by atoms with Gasteiger partial charge in [-0.25, -0.2) is 13.8 Å². The van der Waals surface area contributed by atoms with Gasteiger partial charge in [-0.05, 0) is 61.2 Å². The Balaban J connectivity index is 0.00000261. The first kappa shape index (κ1) is 21.7. The average molecular weight is 481 g/mol. The minimum absolute atomic E-state index is 0. The van der Waals surface area contributed by atoms with E-state index in [1.165, 1.54) is 11.0 Å². The van der Waals surface area contributed by atoms with Crippen LogP contribution >= 0.6 is 39.7 Å². The van der Waals surface area contributed by atoms with E-state index >= 15 is 0 Å². The summed E-state index contributed by atoms with van der Waals surface area (Å²) in [5.41, 5.74) is 0.0532. The highest BCUT2D eigenvalue weighted by Gasteiger charge is 2.24. The van der Waals surface area contributed by atoms with Crippen LogP contribution in [-0.4, -0.2) is 43.0 Å². The van der Waals surface area contributed by atoms with Crippen LogP contribution in [0.1, 0.15) is 17.0 Å². The first-order valence-electron chi connectivity index (χ1n) is 7.82. The van der Waals surface area contributed by atoms with E-state index in [1.54, 1.807) is 12.1 Å². The third kappa shape index (κ3) is 5.04. The van der Waals surface area contributed by atoms with E-state index in [4.69, 9.17) is 4.42 Å². The Morgan fingerprint density at radius 3 is 2.63 bits per heavy atom. The molecule has 0 N–H and O–H groups in total. The number of fused-ring (bicyclic) bond motifs is 1. The molecule has 10 heteroatoms. The number of halogens is 4. The molecule has 3 aromatic rings. The molecule has 0 aliphatic heterocycles. The predicted octanol–water partition coefficient (Wildman–Crippen LogP) is 4.95. The number of rotatable bonds is 6. The molecule has 0 aliphatic carbocycles. The maximum absolute atomic E-state index is 14.0. The molecule has 3 rings (SSSR count). The largest absolute Gasteiger partial charge is 0.444 e. The number of thiazole rings is 1. The fraction of sp³-hybridized carbons (Fsp3) is 0.294. The second kappa shape index (κ2) is 9.09. The topological polar surface area (TPSA) is 49.6 Å². The second-order valence-corrected chi connectivity index (χ2v) is 7.74. The molecule has 1 aromatic carbocycles. The SMILES string of the molecule is CN(C)CCCN(C(=O)c1ccc(Br)o1)c1nc2c(F)cc(F)cc2s1.Cl. The lowest BCUT2D eigenvalue weighted by atomic mass is 10.3. The summed E-state index contributed by atoms with van der Waals surface area (Å²) in [5.74, 6) is -1.66. The Bertz CT molecular complexity index is 948. The van der Waals surface area contributed by atoms with Gasteiger partial charge in [0.15, 0.2) is 21.4 Å². The van der Waals surface area contributed by atoms with Crippen molar-refractivity contribution in [1.29, 1.82) is 0 Å². The fourth-order valence-corrected chi connectivity index (χ4v) is 3.79. The highest BCUT2D eigenvalue weighted by Crippen LogP contribution is 2.32. The molecule has 2 heterocycles. The lowest BCUT2D eigenvalue weighted by Gasteiger charge is -2.19. The van der Waals surface area contributed by atoms with Gasteiger partial charge < -0.3 is 9.32 Å². The summed E-state index contributed by atoms with van der Waals surface area (Å²) in [7, 11) is 3.87. The van der Waals surface area contributed by atoms with E-state index in [0.29, 0.717) is 27.5 Å². The summed E-state index contributed by atoms with van der Waals surface area (Å²) in [6.07, 6.45) is 0.688. The fourth-order valence-electron chi connectivity index (χ4n) is 2.45. The van der Waals surface area contributed by atoms with E-state index < -0.39 is 11.6 Å². The van der Waals surface area contributed by atoms with Crippen LogP contribution < -0.4 is 4.90 Å². The van der Waals surface area contributed by atoms with E-state index in [0.717, 1.165) is 23.9 Å². The van der Waals surface area contributed by atoms with Crippen LogP contribution in [0.25, 0.3) is 10.2 Å². The summed E-state index contributed by atoms with van der Waals surface area (Å²) >= 11 is 4.24. The molecule has 0 spiro atoms. The number of hydrogen-bond donors (Lipinski definition) is 0. The van der Waals surface area contributed by atoms with Crippen LogP contribution in [0.3, 0.4) is 0 Å². The van der Waals surface area contributed by atoms with E-state index in [-0.39, 0.29) is 29.6 Å². The van der Waals surface area contributed by atoms with Gasteiger partial charge >= 0.3 is 0 Å². The molecule has 2 aromatic heterocycles. The maximum Gasteiger partial charge on any atom is 0.295 e. The van der Waals surface area contributed by atoms with Gasteiger partial charge in [-0.15, -0.1) is 12.4 Å². The van der Waals surface area contributed by atoms with Gasteiger partial charge in [0, 0.05) is 12.6 Å². The number of furan rings is 1. The molecular formula is C17H17BrClF2N3O2S. The molecular weight excluding hydrogens is 464 g/mol. The molecule has 146 valence electrons. The van der Waals surface area contributed by atoms with E-state index in [1.807, 2.05) is 19.0 Å². The van der Waals surface area contributed by atoms with Gasteiger partial charge in [0.25, 0.3) is 5.91 Å². The van der Waals surface area contributed by atoms with Gasteiger partial charge in [-0.3, -0.25) is 9.69 Å². The highest BCUT2D eigenvalue weighted by molar-refractivity contribution is 9.10. The van der Waals surface area contributed by atoms with Crippen molar-refractivity contribution in [2.75, 3.05) is 32.1 Å². The first-order valence-corrected chi connectivity index (χ1v) is 9.43. The number of carbonyl (C=O) groups is 1. The Morgan fingerprint density at radius 2 is 2.00 bits per heavy atom. The number of nitrogens with zero attached hydrogens (tertiary/aromatic N) is 3. The molecule has 1 amide bonds. The van der Waals surface area contributed by atoms with Crippen molar-refractivity contribution in [2.45, 2.75) is 6.42 Å². The maximum atomic E-state index is 14.0. The summed E-state index contributed by atoms with van der Waals surface area (Å²) in [6.45, 7) is 1.14. The summed E-state index contributed by atoms with van der Waals surface area (Å²) in [4.78, 5) is 20.5. The van der Waals surface area contributed by atoms with Crippen LogP contribution in [0.5, 0.6) is 0 Å². The zero-order valence-corrected chi connectivity index (χ0v) is 17.8. The molecule has 0 aliphatic rings. The molecule has 27 heavy (non-hydrogen) atoms. The van der Waals surface area contributed by atoms with E-state index in [2.05, 4.69) is 20.9 Å². The van der Waals surface area contributed by atoms with Gasteiger partial charge in [0.1, 0.15) is 11.3 Å². The average Bonchev–Trinajstić information content (AvgIpc) is 3.17. The second-order valence-electron chi connectivity index (χ2n) is 5.95. The molecule has 0 saturated heterocycles. The first-order chi connectivity index (χ1) is 12.3. The zero-order valence-electron chi connectivity index (χ0n) is 14.5. The van der Waals surface area contributed by atoms with Gasteiger partial charge in [0.2, 0.25) is 0 Å². The molecule has 0 radical (unpaired) electrons. The number of benzene rings is 1. The van der Waals surface area contributed by atoms with Crippen LogP contribution in [0, 0.1) is 11.6 Å². The number of anilines is 1. The van der Waals surface area contributed by atoms with Crippen molar-refractivity contribution in [1.82, 2.24) is 9.88 Å². The van der Waals surface area contributed by atoms with Crippen LogP contribution in [0.2, 0.25) is 0 Å². The van der Waals surface area contributed by atoms with Crippen LogP contribution in [0.4, 0.5) is 13.9 Å². The standard InChI is InChI=1S/C17H16BrF2N3O2S.ClH/c1-22(2)6-3-7-23(16(24)12-4-5-14(18)25-12)17-21-15-11(20)8-10(19)9-13(15)26-17;/h4-5,8-9H,3,6-7H2,1-2H3;1H. The van der Waals surface area contributed by atoms with Crippen LogP contribution in [0.15, 0.2) is 33.4 Å². The van der Waals surface area contributed by atoms with Crippen molar-refractivity contribution < 1.29 is 18.0 Å². The van der Waals surface area contributed by atoms with Gasteiger partial charge in [-0.1, -0.05) is 11.3 Å². The molecule has 0 fully saturated rings. The summed E-state index contributed by atoms with van der Waals surface area (Å²) in [6, 6.07) is 5.18. The molecule has 0 unspecified atom stereocenters. The Hall–Kier alpha value is -1.55. The minimum Gasteiger partial charge on any atom is -0.444 e. The molecule has 0 saturated carbocycles. The number of amides is 1. The van der Waals surface area contributed by atoms with Gasteiger partial charge in [0.05, 0.1) is 4.70 Å². The normalized spacial score (nSPS) is 11.0. The van der Waals surface area contributed by atoms with E-state index in [9.17, 15) is 13.6 Å². The quantitative estimate of drug-likeness (QED) is 0.501. The number of aromatic nitrogens is 1. The van der Waals surface area contributed by atoms with Crippen LogP contribution in [-0.2, 0) is 0 Å². The van der Waals surface area contributed by atoms with Crippen molar-refractivity contribution >= 4 is 60.9 Å². The van der Waals surface area contributed by atoms with Crippen molar-refractivity contribution in [3.05, 3.63) is 46.3 Å². The smallest absolute Gasteiger partial charge is 0.295 e. The van der Waals surface area contributed by atoms with Crippen molar-refractivity contribution in [3.63, 3.8) is 0 Å². The predicted molar refractivity (Wildman–Crippen MR) is 108 cm³/mol. The molecule has 0 bridgehead atoms. The number of hydrogen-bond acceptors (Lipinski definition) is 5. The third-order valence-corrected chi connectivity index (χ3v) is 5.10. The molecule has 5 nitrogen and oxygen atoms in total. The Morgan fingerprint density at radius 1 is 1.26 bits per heavy atom. The zero-order chi connectivity index (χ0) is 18.8. The molecule has 0 atom stereocenters. The highest BCUT2D eigenvalue weighted by atomic mass is 79.9. The Kier molecular flexibility index (Phi) is 7.32. The summed E-state index contributed by atoms with van der Waals surface area (Å²) in [5, 5.41) is 0.306. The third-order valence-electron chi connectivity index (χ3n) is 3.65. The Labute approximate surface area is 173 Å².